The number of rotatable bonds is 47. The van der Waals surface area contributed by atoms with Crippen LogP contribution in [0.4, 0.5) is 0 Å². The Morgan fingerprint density at radius 1 is 0.355 bits per heavy atom. The summed E-state index contributed by atoms with van der Waals surface area (Å²) in [5.41, 5.74) is -1.36. The molecule has 366 valence electrons. The van der Waals surface area contributed by atoms with Crippen molar-refractivity contribution < 1.29 is 37.9 Å². The summed E-state index contributed by atoms with van der Waals surface area (Å²) in [6.45, 7) is 7.20. The average molecular weight is 880 g/mol. The predicted octanol–water partition coefficient (Wildman–Crippen LogP) is 14.1. The minimum atomic E-state index is -1.36. The number of quaternary nitrogens is 1. The van der Waals surface area contributed by atoms with Crippen LogP contribution in [0.3, 0.4) is 0 Å². The third kappa shape index (κ3) is 41.8. The fourth-order valence-electron chi connectivity index (χ4n) is 7.96. The molecule has 0 radical (unpaired) electrons. The maximum atomic E-state index is 13.6. The number of nitrogens with one attached hydrogen (secondary N) is 1. The maximum absolute atomic E-state index is 13.6. The van der Waals surface area contributed by atoms with E-state index in [2.05, 4.69) is 47.2 Å². The summed E-state index contributed by atoms with van der Waals surface area (Å²) in [5, 5.41) is 3.07. The molecule has 1 N–H and O–H groups in total. The third-order valence-electron chi connectivity index (χ3n) is 12.1. The van der Waals surface area contributed by atoms with E-state index in [9.17, 15) is 19.2 Å². The normalized spacial score (nSPS) is 11.8. The van der Waals surface area contributed by atoms with Gasteiger partial charge < -0.3 is 24.0 Å². The van der Waals surface area contributed by atoms with Gasteiger partial charge in [-0.3, -0.25) is 19.2 Å². The van der Waals surface area contributed by atoms with Crippen LogP contribution in [0.1, 0.15) is 265 Å². The number of esters is 3. The van der Waals surface area contributed by atoms with E-state index in [1.165, 1.54) is 141 Å². The Morgan fingerprint density at radius 3 is 0.871 bits per heavy atom. The van der Waals surface area contributed by atoms with Gasteiger partial charge in [-0.25, -0.2) is 0 Å². The van der Waals surface area contributed by atoms with Crippen LogP contribution < -0.4 is 5.32 Å². The van der Waals surface area contributed by atoms with Gasteiger partial charge in [0.1, 0.15) is 25.4 Å². The standard InChI is InChI=1S/C53H102N2O7/c1-7-10-13-16-19-22-27-32-37-42-50(57)60-46-53(47-61-51(58)43-38-33-28-23-20-17-14-11-8-2,48-62-52(59)44-39-34-29-24-21-18-15-12-9-3)54-49(56)41-36-31-26-25-30-35-40-45-55(4,5)6/h7-48H2,1-6H3/p+1. The SMILES string of the molecule is CCCCCCCCCCCC(=O)OCC(COC(=O)CCCCCCCCCCC)(COC(=O)CCCCCCCCCCC)NC(=O)CCCCCCCCC[N+](C)(C)C. The molecule has 0 atom stereocenters. The Kier molecular flexibility index (Phi) is 41.3. The van der Waals surface area contributed by atoms with Gasteiger partial charge in [-0.15, -0.1) is 0 Å². The first-order valence-electron chi connectivity index (χ1n) is 26.5. The van der Waals surface area contributed by atoms with Gasteiger partial charge in [-0.2, -0.15) is 0 Å². The molecule has 0 spiro atoms. The Hall–Kier alpha value is -2.16. The zero-order chi connectivity index (χ0) is 45.8. The van der Waals surface area contributed by atoms with Gasteiger partial charge >= 0.3 is 17.9 Å². The van der Waals surface area contributed by atoms with Crippen LogP contribution >= 0.6 is 0 Å². The van der Waals surface area contributed by atoms with Crippen molar-refractivity contribution in [2.24, 2.45) is 0 Å². The van der Waals surface area contributed by atoms with Crippen molar-refractivity contribution in [1.29, 1.82) is 0 Å². The molecule has 0 fully saturated rings. The Bertz CT molecular complexity index is 966. The highest BCUT2D eigenvalue weighted by Crippen LogP contribution is 2.18. The fourth-order valence-corrected chi connectivity index (χ4v) is 7.96. The molecule has 0 rings (SSSR count). The quantitative estimate of drug-likeness (QED) is 0.0281. The van der Waals surface area contributed by atoms with E-state index >= 15 is 0 Å². The highest BCUT2D eigenvalue weighted by atomic mass is 16.6. The van der Waals surface area contributed by atoms with E-state index < -0.39 is 5.54 Å². The summed E-state index contributed by atoms with van der Waals surface area (Å²) >= 11 is 0. The number of carbonyl (C=O) groups excluding carboxylic acids is 4. The van der Waals surface area contributed by atoms with Crippen LogP contribution in [-0.2, 0) is 33.4 Å². The first-order chi connectivity index (χ1) is 30.0. The number of hydrogen-bond acceptors (Lipinski definition) is 7. The lowest BCUT2D eigenvalue weighted by molar-refractivity contribution is -0.870. The molecule has 0 saturated carbocycles. The van der Waals surface area contributed by atoms with E-state index in [-0.39, 0.29) is 62.9 Å². The lowest BCUT2D eigenvalue weighted by atomic mass is 10.0. The molecule has 0 bridgehead atoms. The summed E-state index contributed by atoms with van der Waals surface area (Å²) in [6, 6.07) is 0. The topological polar surface area (TPSA) is 108 Å². The number of amides is 1. The van der Waals surface area contributed by atoms with Crippen LogP contribution in [0.15, 0.2) is 0 Å². The Labute approximate surface area is 383 Å². The summed E-state index contributed by atoms with van der Waals surface area (Å²) in [5.74, 6) is -1.27. The lowest BCUT2D eigenvalue weighted by Gasteiger charge is -2.33. The smallest absolute Gasteiger partial charge is 0.305 e. The molecule has 0 aromatic heterocycles. The molecule has 1 amide bonds. The van der Waals surface area contributed by atoms with Crippen molar-refractivity contribution in [3.8, 4) is 0 Å². The summed E-state index contributed by atoms with van der Waals surface area (Å²) in [6.07, 6.45) is 39.7. The minimum absolute atomic E-state index is 0.215. The molecule has 0 aliphatic heterocycles. The summed E-state index contributed by atoms with van der Waals surface area (Å²) in [7, 11) is 6.69. The van der Waals surface area contributed by atoms with Gasteiger partial charge in [-0.05, 0) is 38.5 Å². The zero-order valence-electron chi connectivity index (χ0n) is 42.0. The number of hydrogen-bond donors (Lipinski definition) is 1. The highest BCUT2D eigenvalue weighted by Gasteiger charge is 2.37. The molecule has 9 heteroatoms. The van der Waals surface area contributed by atoms with Crippen molar-refractivity contribution in [2.45, 2.75) is 270 Å². The Balaban J connectivity index is 5.49. The molecular formula is C53H103N2O7+. The molecule has 0 aromatic rings. The van der Waals surface area contributed by atoms with Gasteiger partial charge in [-0.1, -0.05) is 201 Å². The van der Waals surface area contributed by atoms with E-state index in [1.807, 2.05) is 0 Å². The zero-order valence-corrected chi connectivity index (χ0v) is 42.0. The fraction of sp³-hybridized carbons (Fsp3) is 0.925. The van der Waals surface area contributed by atoms with Crippen molar-refractivity contribution in [3.63, 3.8) is 0 Å². The van der Waals surface area contributed by atoms with Crippen LogP contribution in [0.25, 0.3) is 0 Å². The van der Waals surface area contributed by atoms with Crippen LogP contribution in [0.5, 0.6) is 0 Å². The van der Waals surface area contributed by atoms with Gasteiger partial charge in [0.25, 0.3) is 0 Å². The number of unbranched alkanes of at least 4 members (excludes halogenated alkanes) is 30. The van der Waals surface area contributed by atoms with Crippen LogP contribution in [0.2, 0.25) is 0 Å². The average Bonchev–Trinajstić information content (AvgIpc) is 3.24. The summed E-state index contributed by atoms with van der Waals surface area (Å²) in [4.78, 5) is 52.9. The number of ether oxygens (including phenoxy) is 3. The van der Waals surface area contributed by atoms with E-state index in [1.54, 1.807) is 0 Å². The molecule has 0 unspecified atom stereocenters. The molecule has 0 saturated heterocycles. The molecule has 9 nitrogen and oxygen atoms in total. The molecule has 0 heterocycles. The minimum Gasteiger partial charge on any atom is -0.463 e. The second-order valence-corrected chi connectivity index (χ2v) is 19.8. The molecule has 0 aromatic carbocycles. The highest BCUT2D eigenvalue weighted by molar-refractivity contribution is 5.77. The third-order valence-corrected chi connectivity index (χ3v) is 12.1. The van der Waals surface area contributed by atoms with Crippen molar-refractivity contribution in [2.75, 3.05) is 47.5 Å². The van der Waals surface area contributed by atoms with E-state index in [0.717, 1.165) is 88.0 Å². The number of nitrogens with zero attached hydrogens (tertiary/aromatic N) is 1. The summed E-state index contributed by atoms with van der Waals surface area (Å²) < 4.78 is 18.5. The molecule has 0 aliphatic carbocycles. The van der Waals surface area contributed by atoms with Gasteiger partial charge in [0.05, 0.1) is 27.7 Å². The molecule has 0 aliphatic rings. The van der Waals surface area contributed by atoms with Gasteiger partial charge in [0.2, 0.25) is 5.91 Å². The van der Waals surface area contributed by atoms with Crippen molar-refractivity contribution in [1.82, 2.24) is 5.32 Å². The van der Waals surface area contributed by atoms with Crippen LogP contribution in [-0.4, -0.2) is 81.3 Å². The van der Waals surface area contributed by atoms with Crippen molar-refractivity contribution >= 4 is 23.8 Å². The predicted molar refractivity (Wildman–Crippen MR) is 259 cm³/mol. The largest absolute Gasteiger partial charge is 0.463 e. The number of carbonyl (C=O) groups is 4. The molecular weight excluding hydrogens is 777 g/mol. The van der Waals surface area contributed by atoms with Gasteiger partial charge in [0.15, 0.2) is 0 Å². The first kappa shape index (κ1) is 59.8. The second kappa shape index (κ2) is 42.8. The molecule has 62 heavy (non-hydrogen) atoms. The first-order valence-corrected chi connectivity index (χ1v) is 26.5. The Morgan fingerprint density at radius 2 is 0.597 bits per heavy atom. The second-order valence-electron chi connectivity index (χ2n) is 19.8. The monoisotopic (exact) mass is 880 g/mol. The van der Waals surface area contributed by atoms with E-state index in [0.29, 0.717) is 6.42 Å². The van der Waals surface area contributed by atoms with E-state index in [4.69, 9.17) is 14.2 Å². The maximum Gasteiger partial charge on any atom is 0.305 e. The lowest BCUT2D eigenvalue weighted by Crippen LogP contribution is -2.59. The van der Waals surface area contributed by atoms with Gasteiger partial charge in [0, 0.05) is 25.7 Å². The van der Waals surface area contributed by atoms with Crippen molar-refractivity contribution in [3.05, 3.63) is 0 Å². The van der Waals surface area contributed by atoms with Crippen LogP contribution in [0, 0.1) is 0 Å².